The highest BCUT2D eigenvalue weighted by molar-refractivity contribution is 7.86. The molecule has 0 aliphatic carbocycles. The van der Waals surface area contributed by atoms with Crippen molar-refractivity contribution in [3.8, 4) is 11.1 Å². The molecule has 10 heteroatoms. The number of hydrogen-bond donors (Lipinski definition) is 4. The van der Waals surface area contributed by atoms with Gasteiger partial charge in [-0.2, -0.15) is 8.42 Å². The van der Waals surface area contributed by atoms with E-state index in [0.717, 1.165) is 11.0 Å². The molecule has 36 heavy (non-hydrogen) atoms. The van der Waals surface area contributed by atoms with Crippen LogP contribution < -0.4 is 11.6 Å². The third-order valence-corrected chi connectivity index (χ3v) is 6.93. The van der Waals surface area contributed by atoms with Crippen LogP contribution in [0.2, 0.25) is 0 Å². The molecule has 178 valence electrons. The highest BCUT2D eigenvalue weighted by Gasteiger charge is 2.28. The summed E-state index contributed by atoms with van der Waals surface area (Å²) in [6.07, 6.45) is 7.07. The first-order chi connectivity index (χ1) is 17.3. The Kier molecular flexibility index (Phi) is 4.82. The quantitative estimate of drug-likeness (QED) is 0.205. The van der Waals surface area contributed by atoms with Crippen molar-refractivity contribution in [1.82, 2.24) is 19.6 Å². The summed E-state index contributed by atoms with van der Waals surface area (Å²) in [5.74, 6) is 6.50. The highest BCUT2D eigenvalue weighted by atomic mass is 32.2. The molecule has 0 unspecified atom stereocenters. The molecule has 5 heterocycles. The highest BCUT2D eigenvalue weighted by Crippen LogP contribution is 2.39. The van der Waals surface area contributed by atoms with Crippen molar-refractivity contribution in [3.63, 3.8) is 0 Å². The van der Waals surface area contributed by atoms with Crippen molar-refractivity contribution in [2.45, 2.75) is 4.90 Å². The Morgan fingerprint density at radius 3 is 2.11 bits per heavy atom. The van der Waals surface area contributed by atoms with Gasteiger partial charge in [0.1, 0.15) is 10.4 Å². The number of nitrogens with zero attached hydrogens (tertiary/aromatic N) is 3. The number of hydrogen-bond acceptors (Lipinski definition) is 6. The number of rotatable bonds is 2. The molecule has 0 atom stereocenters. The lowest BCUT2D eigenvalue weighted by Gasteiger charge is -2.04. The predicted octanol–water partition coefficient (Wildman–Crippen LogP) is 4.34. The summed E-state index contributed by atoms with van der Waals surface area (Å²) in [6.45, 7) is 0. The average Bonchev–Trinajstić information content (AvgIpc) is 3.63. The lowest BCUT2D eigenvalue weighted by Crippen LogP contribution is -2.10. The minimum Gasteiger partial charge on any atom is -0.395 e. The molecule has 6 N–H and O–H groups in total. The summed E-state index contributed by atoms with van der Waals surface area (Å²) in [4.78, 5) is 12.1. The van der Waals surface area contributed by atoms with Crippen molar-refractivity contribution in [1.29, 1.82) is 0 Å². The van der Waals surface area contributed by atoms with Gasteiger partial charge in [0.2, 0.25) is 0 Å². The van der Waals surface area contributed by atoms with Crippen LogP contribution in [0.3, 0.4) is 0 Å². The van der Waals surface area contributed by atoms with Crippen molar-refractivity contribution in [2.75, 3.05) is 11.6 Å². The lowest BCUT2D eigenvalue weighted by molar-refractivity contribution is 0.484. The summed E-state index contributed by atoms with van der Waals surface area (Å²) in [5.41, 5.74) is 11.3. The minimum absolute atomic E-state index is 0.00497. The van der Waals surface area contributed by atoms with E-state index < -0.39 is 15.0 Å². The van der Waals surface area contributed by atoms with Gasteiger partial charge in [0.25, 0.3) is 10.1 Å². The first-order valence-electron chi connectivity index (χ1n) is 11.0. The van der Waals surface area contributed by atoms with E-state index in [-0.39, 0.29) is 16.8 Å². The van der Waals surface area contributed by atoms with E-state index in [1.54, 1.807) is 54.6 Å². The molecule has 1 aromatic carbocycles. The van der Waals surface area contributed by atoms with Crippen molar-refractivity contribution in [2.24, 2.45) is 0 Å². The van der Waals surface area contributed by atoms with Gasteiger partial charge in [0.15, 0.2) is 0 Å². The van der Waals surface area contributed by atoms with Crippen molar-refractivity contribution >= 4 is 62.2 Å². The van der Waals surface area contributed by atoms with Gasteiger partial charge in [-0.25, -0.2) is 9.97 Å². The average molecular weight is 497 g/mol. The normalized spacial score (nSPS) is 12.8. The van der Waals surface area contributed by atoms with Crippen LogP contribution in [-0.4, -0.2) is 32.6 Å². The molecule has 9 nitrogen and oxygen atoms in total. The maximum Gasteiger partial charge on any atom is 0.297 e. The van der Waals surface area contributed by atoms with Gasteiger partial charge in [0, 0.05) is 16.6 Å². The summed E-state index contributed by atoms with van der Waals surface area (Å²) in [7, 11) is -4.77. The molecule has 0 saturated carbocycles. The third-order valence-electron chi connectivity index (χ3n) is 6.02. The van der Waals surface area contributed by atoms with Gasteiger partial charge in [-0.3, -0.25) is 9.23 Å². The van der Waals surface area contributed by atoms with Gasteiger partial charge < -0.3 is 16.6 Å². The predicted molar refractivity (Wildman–Crippen MR) is 142 cm³/mol. The van der Waals surface area contributed by atoms with Crippen LogP contribution in [0.15, 0.2) is 65.6 Å². The van der Waals surface area contributed by atoms with Crippen molar-refractivity contribution < 1.29 is 13.0 Å². The number of aromatic nitrogens is 4. The topological polar surface area (TPSA) is 153 Å². The SMILES string of the molecule is Nc1c2nc(cc3ccc(cc4nc(cc5c(-c6ccccc6)c(S(=O)(=O)O)c1n5N)C=C4)[nH]3)C=C2. The van der Waals surface area contributed by atoms with Gasteiger partial charge in [-0.15, -0.1) is 0 Å². The number of benzene rings is 1. The largest absolute Gasteiger partial charge is 0.395 e. The minimum atomic E-state index is -4.77. The standard InChI is InChI=1S/C26H20N6O3S/c27-24-21-11-10-19(31-21)13-18-7-6-16(29-18)12-17-8-9-20(30-17)14-22-23(15-4-2-1-3-5-15)26(36(33,34)35)25(24)32(22)28/h1-14,29H,27-28H2,(H,33,34,35). The summed E-state index contributed by atoms with van der Waals surface area (Å²) in [5, 5.41) is 0. The second kappa shape index (κ2) is 7.94. The molecule has 4 aromatic rings. The van der Waals surface area contributed by atoms with Crippen LogP contribution in [-0.2, 0) is 10.1 Å². The molecule has 8 bridgehead atoms. The molecule has 0 amide bonds. The number of nitrogen functional groups attached to an aromatic ring is 2. The Hall–Kier alpha value is -4.67. The maximum atomic E-state index is 12.8. The number of H-pyrrole nitrogens is 1. The zero-order valence-corrected chi connectivity index (χ0v) is 19.6. The van der Waals surface area contributed by atoms with Gasteiger partial charge in [-0.05, 0) is 60.2 Å². The maximum absolute atomic E-state index is 12.8. The fourth-order valence-corrected chi connectivity index (χ4v) is 5.39. The monoisotopic (exact) mass is 496 g/mol. The molecule has 0 fully saturated rings. The molecule has 3 aromatic heterocycles. The summed E-state index contributed by atoms with van der Waals surface area (Å²) >= 11 is 0. The number of aromatic amines is 1. The number of nitrogens with two attached hydrogens (primary N) is 2. The molecule has 0 saturated heterocycles. The van der Waals surface area contributed by atoms with E-state index in [1.807, 2.05) is 30.3 Å². The molecule has 6 rings (SSSR count). The number of anilines is 1. The van der Waals surface area contributed by atoms with E-state index in [0.29, 0.717) is 33.9 Å². The summed E-state index contributed by atoms with van der Waals surface area (Å²) in [6, 6.07) is 18.1. The molecular formula is C26H20N6O3S. The van der Waals surface area contributed by atoms with E-state index in [4.69, 9.17) is 11.6 Å². The Bertz CT molecular complexity index is 1880. The van der Waals surface area contributed by atoms with E-state index in [9.17, 15) is 13.0 Å². The van der Waals surface area contributed by atoms with Crippen LogP contribution in [0.5, 0.6) is 0 Å². The zero-order valence-electron chi connectivity index (χ0n) is 18.8. The molecule has 0 radical (unpaired) electrons. The zero-order chi connectivity index (χ0) is 25.0. The second-order valence-corrected chi connectivity index (χ2v) is 9.77. The lowest BCUT2D eigenvalue weighted by atomic mass is 10.1. The van der Waals surface area contributed by atoms with E-state index >= 15 is 0 Å². The second-order valence-electron chi connectivity index (χ2n) is 8.41. The third kappa shape index (κ3) is 3.65. The van der Waals surface area contributed by atoms with Gasteiger partial charge in [0.05, 0.1) is 34.0 Å². The molecule has 2 aliphatic heterocycles. The number of nitrogens with one attached hydrogen (secondary N) is 1. The van der Waals surface area contributed by atoms with E-state index in [2.05, 4.69) is 15.0 Å². The fourth-order valence-electron chi connectivity index (χ4n) is 4.46. The van der Waals surface area contributed by atoms with Crippen LogP contribution >= 0.6 is 0 Å². The van der Waals surface area contributed by atoms with Crippen LogP contribution in [0, 0.1) is 0 Å². The summed E-state index contributed by atoms with van der Waals surface area (Å²) < 4.78 is 37.1. The van der Waals surface area contributed by atoms with Crippen LogP contribution in [0.1, 0.15) is 22.8 Å². The van der Waals surface area contributed by atoms with E-state index in [1.165, 1.54) is 4.68 Å². The molecular weight excluding hydrogens is 476 g/mol. The number of fused-ring (bicyclic) bond motifs is 8. The first-order valence-corrected chi connectivity index (χ1v) is 12.4. The smallest absolute Gasteiger partial charge is 0.297 e. The van der Waals surface area contributed by atoms with Gasteiger partial charge >= 0.3 is 0 Å². The van der Waals surface area contributed by atoms with Crippen LogP contribution in [0.4, 0.5) is 5.69 Å². The Balaban J connectivity index is 1.87. The Morgan fingerprint density at radius 2 is 1.44 bits per heavy atom. The molecule has 2 aliphatic rings. The Labute approximate surface area is 205 Å². The Morgan fingerprint density at radius 1 is 0.833 bits per heavy atom. The van der Waals surface area contributed by atoms with Crippen molar-refractivity contribution in [3.05, 3.63) is 83.4 Å². The fraction of sp³-hybridized carbons (Fsp3) is 0. The van der Waals surface area contributed by atoms with Crippen LogP contribution in [0.25, 0.3) is 57.5 Å². The molecule has 0 spiro atoms. The first kappa shape index (κ1) is 21.8. The van der Waals surface area contributed by atoms with Gasteiger partial charge in [-0.1, -0.05) is 30.3 Å².